The first kappa shape index (κ1) is 35.5. The van der Waals surface area contributed by atoms with Gasteiger partial charge in [-0.1, -0.05) is 31.0 Å². The van der Waals surface area contributed by atoms with E-state index in [9.17, 15) is 18.3 Å². The van der Waals surface area contributed by atoms with Crippen LogP contribution in [-0.2, 0) is 23.1 Å². The number of aliphatic hydroxyl groups is 1. The summed E-state index contributed by atoms with van der Waals surface area (Å²) in [6.07, 6.45) is 9.23. The van der Waals surface area contributed by atoms with Crippen molar-refractivity contribution in [3.8, 4) is 5.75 Å². The first-order valence-electron chi connectivity index (χ1n) is 18.2. The highest BCUT2D eigenvalue weighted by Gasteiger charge is 2.43. The van der Waals surface area contributed by atoms with E-state index in [-0.39, 0.29) is 17.9 Å². The minimum absolute atomic E-state index is 0.129. The number of carbonyl (C=O) groups excluding carboxylic acids is 1. The van der Waals surface area contributed by atoms with Gasteiger partial charge in [0.15, 0.2) is 0 Å². The zero-order valence-electron chi connectivity index (χ0n) is 28.9. The molecule has 48 heavy (non-hydrogen) atoms. The van der Waals surface area contributed by atoms with Gasteiger partial charge in [0.25, 0.3) is 5.91 Å². The first-order chi connectivity index (χ1) is 23.0. The maximum Gasteiger partial charge on any atom is 0.264 e. The van der Waals surface area contributed by atoms with Gasteiger partial charge in [-0.15, -0.1) is 0 Å². The Hall–Kier alpha value is -2.33. The monoisotopic (exact) mass is 699 g/mol. The van der Waals surface area contributed by atoms with Crippen molar-refractivity contribution >= 4 is 33.2 Å². The summed E-state index contributed by atoms with van der Waals surface area (Å²) < 4.78 is 35.8. The van der Waals surface area contributed by atoms with E-state index >= 15 is 0 Å². The lowest BCUT2D eigenvalue weighted by molar-refractivity contribution is -0.0413. The number of piperidine rings is 1. The number of hydrogen-bond donors (Lipinski definition) is 2. The number of likely N-dealkylation sites (tertiary alicyclic amines) is 1. The Labute approximate surface area is 292 Å². The van der Waals surface area contributed by atoms with Crippen LogP contribution in [0.15, 0.2) is 36.4 Å². The number of rotatable bonds is 2. The standard InChI is InChI=1S/C38H54ClN3O5S/c1-25-7-6-9-34(37(43)27-16-19-41(3)20-17-27)33-14-11-30(33)23-42-18-5-4-8-28-21-32(39)13-10-31(28)24-47-36-15-12-29(22-35(36)42)38(44)40-48(45,46)26(25)2/h10,12-13,15,21-22,25-27,30,33-34,37,43H,4-9,11,14,16-20,23-24H2,1-3H3,(H,40,44)/t25-,26+,30-,33+,34-,37-/m0/s1. The third-order valence-corrected chi connectivity index (χ3v) is 14.3. The maximum atomic E-state index is 13.5. The second kappa shape index (κ2) is 15.3. The number of hydrogen-bond acceptors (Lipinski definition) is 7. The molecule has 1 aliphatic carbocycles. The van der Waals surface area contributed by atoms with Crippen molar-refractivity contribution in [1.29, 1.82) is 0 Å². The highest BCUT2D eigenvalue weighted by Crippen LogP contribution is 2.47. The third kappa shape index (κ3) is 8.00. The van der Waals surface area contributed by atoms with E-state index in [0.717, 1.165) is 107 Å². The van der Waals surface area contributed by atoms with Crippen molar-refractivity contribution in [3.63, 3.8) is 0 Å². The van der Waals surface area contributed by atoms with Crippen molar-refractivity contribution in [2.24, 2.45) is 29.6 Å². The van der Waals surface area contributed by atoms with Crippen LogP contribution in [0.2, 0.25) is 5.02 Å². The van der Waals surface area contributed by atoms with Crippen LogP contribution in [0.4, 0.5) is 5.69 Å². The molecule has 2 N–H and O–H groups in total. The van der Waals surface area contributed by atoms with Gasteiger partial charge >= 0.3 is 0 Å². The molecular formula is C38H54ClN3O5S. The molecule has 2 bridgehead atoms. The predicted octanol–water partition coefficient (Wildman–Crippen LogP) is 6.67. The van der Waals surface area contributed by atoms with Crippen LogP contribution in [0.5, 0.6) is 5.75 Å². The number of benzene rings is 2. The number of carbonyl (C=O) groups is 1. The Kier molecular flexibility index (Phi) is 11.3. The largest absolute Gasteiger partial charge is 0.487 e. The molecule has 4 aliphatic rings. The molecule has 1 saturated heterocycles. The van der Waals surface area contributed by atoms with Gasteiger partial charge in [0.2, 0.25) is 10.0 Å². The highest BCUT2D eigenvalue weighted by molar-refractivity contribution is 7.90. The number of aryl methyl sites for hydroxylation is 1. The highest BCUT2D eigenvalue weighted by atomic mass is 35.5. The summed E-state index contributed by atoms with van der Waals surface area (Å²) in [5.41, 5.74) is 3.41. The Bertz CT molecular complexity index is 1540. The molecule has 0 spiro atoms. The van der Waals surface area contributed by atoms with Gasteiger partial charge in [-0.3, -0.25) is 4.79 Å². The smallest absolute Gasteiger partial charge is 0.264 e. The lowest BCUT2D eigenvalue weighted by Gasteiger charge is -2.48. The molecule has 2 aromatic carbocycles. The third-order valence-electron chi connectivity index (χ3n) is 12.1. The van der Waals surface area contributed by atoms with Crippen LogP contribution in [-0.4, -0.2) is 68.9 Å². The van der Waals surface area contributed by atoms with Gasteiger partial charge in [-0.2, -0.15) is 0 Å². The molecule has 1 saturated carbocycles. The number of aliphatic hydroxyl groups excluding tert-OH is 1. The summed E-state index contributed by atoms with van der Waals surface area (Å²) >= 11 is 6.37. The summed E-state index contributed by atoms with van der Waals surface area (Å²) in [5.74, 6) is 1.26. The van der Waals surface area contributed by atoms with E-state index < -0.39 is 21.2 Å². The zero-order valence-corrected chi connectivity index (χ0v) is 30.4. The average molecular weight is 700 g/mol. The molecule has 1 amide bonds. The number of anilines is 1. The summed E-state index contributed by atoms with van der Waals surface area (Å²) in [7, 11) is -1.75. The van der Waals surface area contributed by atoms with Gasteiger partial charge in [0.1, 0.15) is 12.4 Å². The van der Waals surface area contributed by atoms with Gasteiger partial charge < -0.3 is 19.6 Å². The minimum Gasteiger partial charge on any atom is -0.487 e. The molecule has 0 unspecified atom stereocenters. The Morgan fingerprint density at radius 3 is 2.48 bits per heavy atom. The molecule has 2 aromatic rings. The molecule has 0 radical (unpaired) electrons. The fourth-order valence-corrected chi connectivity index (χ4v) is 10.1. The first-order valence-corrected chi connectivity index (χ1v) is 20.1. The van der Waals surface area contributed by atoms with Gasteiger partial charge in [-0.25, -0.2) is 13.1 Å². The SMILES string of the molecule is C[C@@H]1[C@@H](C)CCC[C@H]([C@@H](O)C2CCN(C)CC2)[C@@H]2CC[C@H]2CN2CCCCc3cc(Cl)ccc3COc3ccc(cc32)C(=O)NS1(=O)=O. The molecule has 3 heterocycles. The molecule has 8 nitrogen and oxygen atoms in total. The van der Waals surface area contributed by atoms with Gasteiger partial charge in [0, 0.05) is 23.7 Å². The van der Waals surface area contributed by atoms with Crippen molar-refractivity contribution < 1.29 is 23.1 Å². The van der Waals surface area contributed by atoms with E-state index in [1.807, 2.05) is 37.3 Å². The number of sulfonamides is 1. The predicted molar refractivity (Wildman–Crippen MR) is 192 cm³/mol. The summed E-state index contributed by atoms with van der Waals surface area (Å²) in [6, 6.07) is 11.3. The number of halogens is 1. The Morgan fingerprint density at radius 1 is 0.938 bits per heavy atom. The second-order valence-electron chi connectivity index (χ2n) is 15.2. The van der Waals surface area contributed by atoms with Crippen LogP contribution >= 0.6 is 11.6 Å². The topological polar surface area (TPSA) is 99.2 Å². The van der Waals surface area contributed by atoms with E-state index in [1.165, 1.54) is 5.56 Å². The number of ether oxygens (including phenoxy) is 1. The number of amides is 1. The molecule has 6 rings (SSSR count). The summed E-state index contributed by atoms with van der Waals surface area (Å²) in [4.78, 5) is 18.2. The second-order valence-corrected chi connectivity index (χ2v) is 17.6. The molecular weight excluding hydrogens is 646 g/mol. The average Bonchev–Trinajstić information content (AvgIpc) is 3.08. The van der Waals surface area contributed by atoms with E-state index in [4.69, 9.17) is 16.3 Å². The van der Waals surface area contributed by atoms with Crippen LogP contribution in [0.25, 0.3) is 0 Å². The van der Waals surface area contributed by atoms with Gasteiger partial charge in [-0.05, 0) is 156 Å². The molecule has 2 fully saturated rings. The number of fused-ring (bicyclic) bond motifs is 3. The van der Waals surface area contributed by atoms with E-state index in [2.05, 4.69) is 21.6 Å². The fraction of sp³-hybridized carbons (Fsp3) is 0.658. The molecule has 6 atom stereocenters. The zero-order chi connectivity index (χ0) is 34.0. The van der Waals surface area contributed by atoms with Crippen LogP contribution < -0.4 is 14.4 Å². The number of nitrogens with zero attached hydrogens (tertiary/aromatic N) is 2. The maximum absolute atomic E-state index is 13.5. The van der Waals surface area contributed by atoms with Crippen molar-refractivity contribution in [3.05, 3.63) is 58.1 Å². The quantitative estimate of drug-likeness (QED) is 0.361. The van der Waals surface area contributed by atoms with E-state index in [1.54, 1.807) is 13.0 Å². The number of nitrogens with one attached hydrogen (secondary N) is 1. The summed E-state index contributed by atoms with van der Waals surface area (Å²) in [5, 5.41) is 12.0. The minimum atomic E-state index is -3.91. The Balaban J connectivity index is 1.36. The fourth-order valence-electron chi connectivity index (χ4n) is 8.60. The van der Waals surface area contributed by atoms with Crippen LogP contribution in [0.3, 0.4) is 0 Å². The van der Waals surface area contributed by atoms with E-state index in [0.29, 0.717) is 35.7 Å². The molecule has 264 valence electrons. The lowest BCUT2D eigenvalue weighted by atomic mass is 9.62. The van der Waals surface area contributed by atoms with Crippen LogP contribution in [0.1, 0.15) is 93.1 Å². The van der Waals surface area contributed by atoms with Crippen molar-refractivity contribution in [2.45, 2.75) is 96.0 Å². The van der Waals surface area contributed by atoms with Crippen LogP contribution in [0, 0.1) is 29.6 Å². The molecule has 3 aliphatic heterocycles. The lowest BCUT2D eigenvalue weighted by Crippen LogP contribution is -2.48. The Morgan fingerprint density at radius 2 is 1.73 bits per heavy atom. The van der Waals surface area contributed by atoms with Crippen molar-refractivity contribution in [1.82, 2.24) is 9.62 Å². The van der Waals surface area contributed by atoms with Gasteiger partial charge in [0.05, 0.1) is 17.0 Å². The normalized spacial score (nSPS) is 30.0. The molecule has 0 aromatic heterocycles. The summed E-state index contributed by atoms with van der Waals surface area (Å²) in [6.45, 7) is 7.68. The molecule has 10 heteroatoms. The van der Waals surface area contributed by atoms with Crippen molar-refractivity contribution in [2.75, 3.05) is 38.1 Å².